The van der Waals surface area contributed by atoms with Gasteiger partial charge in [-0.3, -0.25) is 0 Å². The number of aryl methyl sites for hydroxylation is 1. The average Bonchev–Trinajstić information content (AvgIpc) is 2.92. The summed E-state index contributed by atoms with van der Waals surface area (Å²) in [7, 11) is 0. The standard InChI is InChI=1S/C16H24N2O2/c1-11-7-4-5-8-14(11)12(2)17-16(19)18-13(3)15-9-6-10-20-15/h4-5,7-8,12-13,15H,6,9-10H2,1-3H3,(H2,17,18,19). The van der Waals surface area contributed by atoms with Crippen molar-refractivity contribution in [2.75, 3.05) is 6.61 Å². The molecule has 4 nitrogen and oxygen atoms in total. The fourth-order valence-electron chi connectivity index (χ4n) is 2.69. The Bertz CT molecular complexity index is 456. The highest BCUT2D eigenvalue weighted by Gasteiger charge is 2.24. The van der Waals surface area contributed by atoms with Gasteiger partial charge in [0.1, 0.15) is 0 Å². The van der Waals surface area contributed by atoms with Crippen LogP contribution in [0.4, 0.5) is 4.79 Å². The molecule has 0 aliphatic carbocycles. The molecule has 1 aromatic rings. The zero-order valence-electron chi connectivity index (χ0n) is 12.5. The number of hydrogen-bond donors (Lipinski definition) is 2. The summed E-state index contributed by atoms with van der Waals surface area (Å²) in [5.41, 5.74) is 2.33. The highest BCUT2D eigenvalue weighted by atomic mass is 16.5. The van der Waals surface area contributed by atoms with Gasteiger partial charge >= 0.3 is 6.03 Å². The van der Waals surface area contributed by atoms with Crippen LogP contribution in [-0.4, -0.2) is 24.8 Å². The van der Waals surface area contributed by atoms with E-state index in [2.05, 4.69) is 23.6 Å². The molecule has 3 unspecified atom stereocenters. The second-order valence-electron chi connectivity index (χ2n) is 5.54. The Kier molecular flexibility index (Phi) is 5.01. The van der Waals surface area contributed by atoms with Crippen molar-refractivity contribution >= 4 is 6.03 Å². The number of nitrogens with one attached hydrogen (secondary N) is 2. The smallest absolute Gasteiger partial charge is 0.315 e. The molecule has 1 aromatic carbocycles. The second kappa shape index (κ2) is 6.75. The minimum absolute atomic E-state index is 0.00658. The number of carbonyl (C=O) groups excluding carboxylic acids is 1. The highest BCUT2D eigenvalue weighted by molar-refractivity contribution is 5.74. The predicted molar refractivity (Wildman–Crippen MR) is 79.7 cm³/mol. The average molecular weight is 276 g/mol. The first kappa shape index (κ1) is 14.9. The first-order valence-corrected chi connectivity index (χ1v) is 7.32. The van der Waals surface area contributed by atoms with E-state index in [0.717, 1.165) is 25.0 Å². The number of amides is 2. The van der Waals surface area contributed by atoms with Crippen molar-refractivity contribution in [3.8, 4) is 0 Å². The minimum Gasteiger partial charge on any atom is -0.376 e. The Labute approximate surface area is 120 Å². The van der Waals surface area contributed by atoms with Crippen molar-refractivity contribution in [3.63, 3.8) is 0 Å². The maximum absolute atomic E-state index is 12.0. The van der Waals surface area contributed by atoms with Gasteiger partial charge in [-0.1, -0.05) is 24.3 Å². The van der Waals surface area contributed by atoms with Gasteiger partial charge < -0.3 is 15.4 Å². The molecule has 20 heavy (non-hydrogen) atoms. The normalized spacial score (nSPS) is 21.2. The topological polar surface area (TPSA) is 50.4 Å². The SMILES string of the molecule is Cc1ccccc1C(C)NC(=O)NC(C)C1CCCO1. The van der Waals surface area contributed by atoms with E-state index in [4.69, 9.17) is 4.74 Å². The van der Waals surface area contributed by atoms with Crippen LogP contribution in [0.2, 0.25) is 0 Å². The van der Waals surface area contributed by atoms with Crippen LogP contribution in [-0.2, 0) is 4.74 Å². The van der Waals surface area contributed by atoms with E-state index >= 15 is 0 Å². The van der Waals surface area contributed by atoms with Gasteiger partial charge in [0.15, 0.2) is 0 Å². The number of benzene rings is 1. The van der Waals surface area contributed by atoms with Gasteiger partial charge in [-0.05, 0) is 44.7 Å². The van der Waals surface area contributed by atoms with E-state index in [9.17, 15) is 4.79 Å². The molecule has 2 amide bonds. The molecule has 2 rings (SSSR count). The Hall–Kier alpha value is -1.55. The third-order valence-corrected chi connectivity index (χ3v) is 3.88. The van der Waals surface area contributed by atoms with Gasteiger partial charge in [0.25, 0.3) is 0 Å². The summed E-state index contributed by atoms with van der Waals surface area (Å²) >= 11 is 0. The third-order valence-electron chi connectivity index (χ3n) is 3.88. The van der Waals surface area contributed by atoms with Crippen molar-refractivity contribution in [2.24, 2.45) is 0 Å². The molecule has 0 spiro atoms. The summed E-state index contributed by atoms with van der Waals surface area (Å²) in [6.45, 7) is 6.85. The quantitative estimate of drug-likeness (QED) is 0.888. The maximum Gasteiger partial charge on any atom is 0.315 e. The van der Waals surface area contributed by atoms with Crippen LogP contribution in [0.1, 0.15) is 43.9 Å². The van der Waals surface area contributed by atoms with Gasteiger partial charge in [0.2, 0.25) is 0 Å². The van der Waals surface area contributed by atoms with Crippen molar-refractivity contribution in [2.45, 2.75) is 51.8 Å². The van der Waals surface area contributed by atoms with Gasteiger partial charge in [-0.2, -0.15) is 0 Å². The summed E-state index contributed by atoms with van der Waals surface area (Å²) in [6, 6.07) is 8.00. The monoisotopic (exact) mass is 276 g/mol. The molecule has 1 aliphatic heterocycles. The lowest BCUT2D eigenvalue weighted by molar-refractivity contribution is 0.0859. The number of rotatable bonds is 4. The number of carbonyl (C=O) groups is 1. The van der Waals surface area contributed by atoms with Gasteiger partial charge in [0, 0.05) is 6.61 Å². The lowest BCUT2D eigenvalue weighted by atomic mass is 10.0. The molecule has 1 aliphatic rings. The Morgan fingerprint density at radius 2 is 2.05 bits per heavy atom. The van der Waals surface area contributed by atoms with Crippen LogP contribution < -0.4 is 10.6 Å². The van der Waals surface area contributed by atoms with Crippen molar-refractivity contribution < 1.29 is 9.53 Å². The lowest BCUT2D eigenvalue weighted by Crippen LogP contribution is -2.46. The lowest BCUT2D eigenvalue weighted by Gasteiger charge is -2.22. The van der Waals surface area contributed by atoms with E-state index in [1.165, 1.54) is 5.56 Å². The zero-order chi connectivity index (χ0) is 14.5. The molecule has 1 saturated heterocycles. The Morgan fingerprint density at radius 3 is 2.70 bits per heavy atom. The van der Waals surface area contributed by atoms with E-state index in [1.807, 2.05) is 32.0 Å². The minimum atomic E-state index is -0.135. The summed E-state index contributed by atoms with van der Waals surface area (Å²) in [5.74, 6) is 0. The first-order valence-electron chi connectivity index (χ1n) is 7.32. The number of urea groups is 1. The molecule has 1 heterocycles. The van der Waals surface area contributed by atoms with E-state index < -0.39 is 0 Å². The fraction of sp³-hybridized carbons (Fsp3) is 0.562. The van der Waals surface area contributed by atoms with Crippen molar-refractivity contribution in [1.82, 2.24) is 10.6 Å². The number of hydrogen-bond acceptors (Lipinski definition) is 2. The van der Waals surface area contributed by atoms with Gasteiger partial charge in [-0.25, -0.2) is 4.79 Å². The van der Waals surface area contributed by atoms with Crippen LogP contribution in [0.3, 0.4) is 0 Å². The molecule has 0 saturated carbocycles. The molecule has 110 valence electrons. The molecule has 4 heteroatoms. The molecule has 1 fully saturated rings. The van der Waals surface area contributed by atoms with Gasteiger partial charge in [-0.15, -0.1) is 0 Å². The van der Waals surface area contributed by atoms with Crippen LogP contribution in [0.5, 0.6) is 0 Å². The van der Waals surface area contributed by atoms with Crippen LogP contribution in [0.15, 0.2) is 24.3 Å². The predicted octanol–water partition coefficient (Wildman–Crippen LogP) is 2.92. The maximum atomic E-state index is 12.0. The summed E-state index contributed by atoms with van der Waals surface area (Å²) < 4.78 is 5.58. The van der Waals surface area contributed by atoms with Crippen LogP contribution in [0.25, 0.3) is 0 Å². The Balaban J connectivity index is 1.86. The molecular weight excluding hydrogens is 252 g/mol. The molecule has 0 aromatic heterocycles. The number of ether oxygens (including phenoxy) is 1. The molecular formula is C16H24N2O2. The van der Waals surface area contributed by atoms with E-state index in [1.54, 1.807) is 0 Å². The summed E-state index contributed by atoms with van der Waals surface area (Å²) in [6.07, 6.45) is 2.25. The van der Waals surface area contributed by atoms with Crippen LogP contribution >= 0.6 is 0 Å². The summed E-state index contributed by atoms with van der Waals surface area (Å²) in [5, 5.41) is 5.95. The largest absolute Gasteiger partial charge is 0.376 e. The molecule has 0 radical (unpaired) electrons. The van der Waals surface area contributed by atoms with E-state index in [-0.39, 0.29) is 24.2 Å². The van der Waals surface area contributed by atoms with Crippen LogP contribution in [0, 0.1) is 6.92 Å². The second-order valence-corrected chi connectivity index (χ2v) is 5.54. The summed E-state index contributed by atoms with van der Waals surface area (Å²) in [4.78, 5) is 12.0. The van der Waals surface area contributed by atoms with E-state index in [0.29, 0.717) is 0 Å². The highest BCUT2D eigenvalue weighted by Crippen LogP contribution is 2.17. The van der Waals surface area contributed by atoms with Gasteiger partial charge in [0.05, 0.1) is 18.2 Å². The zero-order valence-corrected chi connectivity index (χ0v) is 12.5. The van der Waals surface area contributed by atoms with Crippen molar-refractivity contribution in [1.29, 1.82) is 0 Å². The molecule has 2 N–H and O–H groups in total. The fourth-order valence-corrected chi connectivity index (χ4v) is 2.69. The first-order chi connectivity index (χ1) is 9.58. The third kappa shape index (κ3) is 3.73. The Morgan fingerprint density at radius 1 is 1.30 bits per heavy atom. The molecule has 3 atom stereocenters. The molecule has 0 bridgehead atoms. The van der Waals surface area contributed by atoms with Crippen molar-refractivity contribution in [3.05, 3.63) is 35.4 Å².